The Kier molecular flexibility index (Phi) is 4.50. The van der Waals surface area contributed by atoms with Crippen LogP contribution in [-0.4, -0.2) is 35.6 Å². The summed E-state index contributed by atoms with van der Waals surface area (Å²) in [4.78, 5) is 14.2. The van der Waals surface area contributed by atoms with Gasteiger partial charge in [0.2, 0.25) is 0 Å². The Morgan fingerprint density at radius 3 is 2.74 bits per heavy atom. The smallest absolute Gasteiger partial charge is 0.257 e. The Balaban J connectivity index is 1.79. The highest BCUT2D eigenvalue weighted by atomic mass is 35.5. The van der Waals surface area contributed by atoms with E-state index in [9.17, 15) is 14.3 Å². The number of ether oxygens (including phenoxy) is 1. The first-order valence-electron chi connectivity index (χ1n) is 7.19. The van der Waals surface area contributed by atoms with Crippen LogP contribution in [0.3, 0.4) is 0 Å². The van der Waals surface area contributed by atoms with E-state index in [-0.39, 0.29) is 29.1 Å². The van der Waals surface area contributed by atoms with Gasteiger partial charge in [-0.15, -0.1) is 0 Å². The van der Waals surface area contributed by atoms with E-state index in [2.05, 4.69) is 0 Å². The Bertz CT molecular complexity index is 720. The summed E-state index contributed by atoms with van der Waals surface area (Å²) in [6.45, 7) is 1.12. The van der Waals surface area contributed by atoms with Gasteiger partial charge in [-0.2, -0.15) is 0 Å². The lowest BCUT2D eigenvalue weighted by Gasteiger charge is -2.33. The van der Waals surface area contributed by atoms with E-state index in [0.29, 0.717) is 24.7 Å². The lowest BCUT2D eigenvalue weighted by atomic mass is 10.1. The second kappa shape index (κ2) is 6.56. The van der Waals surface area contributed by atoms with Gasteiger partial charge in [-0.3, -0.25) is 4.79 Å². The number of hydrogen-bond acceptors (Lipinski definition) is 3. The third-order valence-electron chi connectivity index (χ3n) is 3.78. The molecule has 1 N–H and O–H groups in total. The summed E-state index contributed by atoms with van der Waals surface area (Å²) < 4.78 is 18.7. The van der Waals surface area contributed by atoms with Crippen molar-refractivity contribution >= 4 is 17.5 Å². The summed E-state index contributed by atoms with van der Waals surface area (Å²) in [5.74, 6) is -0.731. The molecule has 0 aliphatic carbocycles. The summed E-state index contributed by atoms with van der Waals surface area (Å²) in [6, 6.07) is 10.4. The molecule has 1 heterocycles. The number of phenols is 1. The summed E-state index contributed by atoms with van der Waals surface area (Å²) in [6.07, 6.45) is -0.324. The van der Waals surface area contributed by atoms with Crippen molar-refractivity contribution in [3.63, 3.8) is 0 Å². The second-order valence-corrected chi connectivity index (χ2v) is 5.76. The first-order chi connectivity index (χ1) is 11.0. The van der Waals surface area contributed by atoms with E-state index >= 15 is 0 Å². The quantitative estimate of drug-likeness (QED) is 0.915. The molecule has 0 aromatic heterocycles. The van der Waals surface area contributed by atoms with E-state index in [1.165, 1.54) is 30.3 Å². The van der Waals surface area contributed by atoms with Gasteiger partial charge in [-0.1, -0.05) is 23.7 Å². The van der Waals surface area contributed by atoms with Crippen LogP contribution in [0.4, 0.5) is 4.39 Å². The van der Waals surface area contributed by atoms with Crippen molar-refractivity contribution in [2.75, 3.05) is 19.7 Å². The van der Waals surface area contributed by atoms with E-state index < -0.39 is 0 Å². The average Bonchev–Trinajstić information content (AvgIpc) is 2.57. The maximum atomic E-state index is 13.0. The molecule has 1 aliphatic rings. The number of phenolic OH excluding ortho intramolecular Hbond substituents is 1. The minimum absolute atomic E-state index is 0.107. The van der Waals surface area contributed by atoms with Crippen LogP contribution in [0.5, 0.6) is 5.75 Å². The molecule has 0 saturated carbocycles. The van der Waals surface area contributed by atoms with Crippen LogP contribution >= 0.6 is 11.6 Å². The van der Waals surface area contributed by atoms with Gasteiger partial charge in [-0.05, 0) is 35.9 Å². The first-order valence-corrected chi connectivity index (χ1v) is 7.57. The summed E-state index contributed by atoms with van der Waals surface area (Å²) in [5.41, 5.74) is 0.969. The van der Waals surface area contributed by atoms with Crippen molar-refractivity contribution in [2.45, 2.75) is 6.10 Å². The molecule has 1 amide bonds. The van der Waals surface area contributed by atoms with Crippen LogP contribution in [0.2, 0.25) is 5.02 Å². The highest BCUT2D eigenvalue weighted by Crippen LogP contribution is 2.27. The number of morpholine rings is 1. The maximum absolute atomic E-state index is 13.0. The lowest BCUT2D eigenvalue weighted by molar-refractivity contribution is -0.0229. The highest BCUT2D eigenvalue weighted by molar-refractivity contribution is 6.31. The zero-order valence-corrected chi connectivity index (χ0v) is 13.0. The molecule has 23 heavy (non-hydrogen) atoms. The molecule has 6 heteroatoms. The third-order valence-corrected chi connectivity index (χ3v) is 4.02. The normalized spacial score (nSPS) is 18.0. The van der Waals surface area contributed by atoms with Gasteiger partial charge in [0.1, 0.15) is 17.7 Å². The molecular weight excluding hydrogens is 321 g/mol. The van der Waals surface area contributed by atoms with Gasteiger partial charge >= 0.3 is 0 Å². The molecule has 3 rings (SSSR count). The van der Waals surface area contributed by atoms with Crippen LogP contribution in [0, 0.1) is 5.82 Å². The molecule has 0 radical (unpaired) electrons. The Hall–Kier alpha value is -2.11. The monoisotopic (exact) mass is 335 g/mol. The summed E-state index contributed by atoms with van der Waals surface area (Å²) >= 11 is 5.90. The molecule has 1 atom stereocenters. The fourth-order valence-electron chi connectivity index (χ4n) is 2.56. The fourth-order valence-corrected chi connectivity index (χ4v) is 2.73. The van der Waals surface area contributed by atoms with Crippen molar-refractivity contribution in [2.24, 2.45) is 0 Å². The Morgan fingerprint density at radius 2 is 2.00 bits per heavy atom. The Morgan fingerprint density at radius 1 is 1.26 bits per heavy atom. The number of carbonyl (C=O) groups is 1. The number of aromatic hydroxyl groups is 1. The minimum atomic E-state index is -0.324. The number of amides is 1. The number of carbonyl (C=O) groups excluding carboxylic acids is 1. The number of rotatable bonds is 2. The molecule has 120 valence electrons. The summed E-state index contributed by atoms with van der Waals surface area (Å²) in [7, 11) is 0. The number of benzene rings is 2. The molecular formula is C17H15ClFNO3. The van der Waals surface area contributed by atoms with Crippen LogP contribution in [0.15, 0.2) is 42.5 Å². The van der Waals surface area contributed by atoms with Crippen LogP contribution in [0.25, 0.3) is 0 Å². The lowest BCUT2D eigenvalue weighted by Crippen LogP contribution is -2.42. The first kappa shape index (κ1) is 15.8. The molecule has 1 fully saturated rings. The van der Waals surface area contributed by atoms with Crippen molar-refractivity contribution < 1.29 is 19.0 Å². The van der Waals surface area contributed by atoms with Crippen molar-refractivity contribution in [3.8, 4) is 5.75 Å². The topological polar surface area (TPSA) is 49.8 Å². The molecule has 0 spiro atoms. The molecule has 1 unspecified atom stereocenters. The van der Waals surface area contributed by atoms with Crippen molar-refractivity contribution in [1.82, 2.24) is 4.90 Å². The predicted octanol–water partition coefficient (Wildman–Crippen LogP) is 3.40. The standard InChI is InChI=1S/C17H15ClFNO3/c18-12-3-6-15(21)14(9-12)17(22)20-7-8-23-16(10-20)11-1-4-13(19)5-2-11/h1-6,9,16,21H,7-8,10H2. The minimum Gasteiger partial charge on any atom is -0.507 e. The maximum Gasteiger partial charge on any atom is 0.257 e. The molecule has 2 aromatic carbocycles. The van der Waals surface area contributed by atoms with E-state index in [1.54, 1.807) is 17.0 Å². The van der Waals surface area contributed by atoms with Crippen LogP contribution < -0.4 is 0 Å². The SMILES string of the molecule is O=C(c1cc(Cl)ccc1O)N1CCOC(c2ccc(F)cc2)C1. The average molecular weight is 336 g/mol. The second-order valence-electron chi connectivity index (χ2n) is 5.32. The molecule has 0 bridgehead atoms. The molecule has 1 aliphatic heterocycles. The predicted molar refractivity (Wildman–Crippen MR) is 84.1 cm³/mol. The van der Waals surface area contributed by atoms with Crippen LogP contribution in [0.1, 0.15) is 22.0 Å². The highest BCUT2D eigenvalue weighted by Gasteiger charge is 2.27. The van der Waals surface area contributed by atoms with Crippen molar-refractivity contribution in [1.29, 1.82) is 0 Å². The van der Waals surface area contributed by atoms with Gasteiger partial charge in [-0.25, -0.2) is 4.39 Å². The molecule has 1 saturated heterocycles. The van der Waals surface area contributed by atoms with Crippen LogP contribution in [-0.2, 0) is 4.74 Å². The van der Waals surface area contributed by atoms with Gasteiger partial charge in [0, 0.05) is 11.6 Å². The molecule has 4 nitrogen and oxygen atoms in total. The molecule has 2 aromatic rings. The van der Waals surface area contributed by atoms with E-state index in [4.69, 9.17) is 16.3 Å². The summed E-state index contributed by atoms with van der Waals surface area (Å²) in [5, 5.41) is 10.3. The zero-order valence-electron chi connectivity index (χ0n) is 12.2. The Labute approximate surface area is 138 Å². The van der Waals surface area contributed by atoms with Gasteiger partial charge < -0.3 is 14.7 Å². The fraction of sp³-hybridized carbons (Fsp3) is 0.235. The number of nitrogens with zero attached hydrogens (tertiary/aromatic N) is 1. The number of halogens is 2. The van der Waals surface area contributed by atoms with Crippen molar-refractivity contribution in [3.05, 3.63) is 64.4 Å². The van der Waals surface area contributed by atoms with Gasteiger partial charge in [0.15, 0.2) is 0 Å². The largest absolute Gasteiger partial charge is 0.507 e. The third kappa shape index (κ3) is 3.46. The van der Waals surface area contributed by atoms with Gasteiger partial charge in [0.25, 0.3) is 5.91 Å². The van der Waals surface area contributed by atoms with E-state index in [1.807, 2.05) is 0 Å². The zero-order chi connectivity index (χ0) is 16.4. The van der Waals surface area contributed by atoms with E-state index in [0.717, 1.165) is 5.56 Å². The van der Waals surface area contributed by atoms with Gasteiger partial charge in [0.05, 0.1) is 18.7 Å². The number of hydrogen-bond donors (Lipinski definition) is 1.